The Kier molecular flexibility index (Phi) is 11.3. The van der Waals surface area contributed by atoms with Gasteiger partial charge in [-0.2, -0.15) is 0 Å². The highest BCUT2D eigenvalue weighted by atomic mass is 16.3. The smallest absolute Gasteiger partial charge is 0.0619 e. The second-order valence-electron chi connectivity index (χ2n) is 7.65. The predicted octanol–water partition coefficient (Wildman–Crippen LogP) is 6.77. The van der Waals surface area contributed by atoms with Crippen LogP contribution in [-0.2, 0) is 0 Å². The molecule has 0 radical (unpaired) electrons. The van der Waals surface area contributed by atoms with Crippen molar-refractivity contribution in [2.75, 3.05) is 0 Å². The molecular formula is C20H40O. The Labute approximate surface area is 133 Å². The molecule has 1 rings (SSSR count). The second-order valence-corrected chi connectivity index (χ2v) is 7.65. The quantitative estimate of drug-likeness (QED) is 0.522. The van der Waals surface area contributed by atoms with Gasteiger partial charge in [-0.25, -0.2) is 0 Å². The van der Waals surface area contributed by atoms with Crippen LogP contribution < -0.4 is 0 Å². The van der Waals surface area contributed by atoms with Gasteiger partial charge in [0.2, 0.25) is 0 Å². The van der Waals surface area contributed by atoms with Gasteiger partial charge >= 0.3 is 0 Å². The fourth-order valence-corrected chi connectivity index (χ4v) is 3.61. The third kappa shape index (κ3) is 12.2. The molecule has 1 aliphatic carbocycles. The molecule has 0 amide bonds. The normalized spacial score (nSPS) is 25.4. The molecule has 1 saturated carbocycles. The minimum atomic E-state index is -0.400. The SMILES string of the molecule is CC1(O)CCCCCCCCCCCCCCCCCC1. The van der Waals surface area contributed by atoms with Gasteiger partial charge in [0.1, 0.15) is 0 Å². The van der Waals surface area contributed by atoms with Crippen molar-refractivity contribution in [1.29, 1.82) is 0 Å². The van der Waals surface area contributed by atoms with Gasteiger partial charge in [-0.05, 0) is 19.8 Å². The maximum atomic E-state index is 10.4. The summed E-state index contributed by atoms with van der Waals surface area (Å²) in [7, 11) is 0. The standard InChI is InChI=1S/C20H40O/c1-20(21)18-16-14-12-10-8-6-4-2-3-5-7-9-11-13-15-17-19-20/h21H,2-19H2,1H3. The van der Waals surface area contributed by atoms with Crippen LogP contribution in [0.25, 0.3) is 0 Å². The minimum Gasteiger partial charge on any atom is -0.390 e. The Balaban J connectivity index is 2.18. The Morgan fingerprint density at radius 1 is 0.429 bits per heavy atom. The third-order valence-corrected chi connectivity index (χ3v) is 5.18. The van der Waals surface area contributed by atoms with Crippen molar-refractivity contribution in [2.24, 2.45) is 0 Å². The summed E-state index contributed by atoms with van der Waals surface area (Å²) < 4.78 is 0. The molecule has 0 aromatic carbocycles. The lowest BCUT2D eigenvalue weighted by Crippen LogP contribution is -2.23. The van der Waals surface area contributed by atoms with Crippen molar-refractivity contribution in [2.45, 2.75) is 128 Å². The molecule has 1 aliphatic rings. The first-order chi connectivity index (χ1) is 10.2. The van der Waals surface area contributed by atoms with E-state index in [4.69, 9.17) is 0 Å². The molecule has 1 fully saturated rings. The van der Waals surface area contributed by atoms with E-state index in [-0.39, 0.29) is 0 Å². The van der Waals surface area contributed by atoms with E-state index < -0.39 is 5.60 Å². The van der Waals surface area contributed by atoms with E-state index >= 15 is 0 Å². The third-order valence-electron chi connectivity index (χ3n) is 5.18. The maximum Gasteiger partial charge on any atom is 0.0619 e. The van der Waals surface area contributed by atoms with Crippen LogP contribution in [0.2, 0.25) is 0 Å². The number of hydrogen-bond donors (Lipinski definition) is 1. The first-order valence-electron chi connectivity index (χ1n) is 9.93. The fraction of sp³-hybridized carbons (Fsp3) is 1.00. The number of hydrogen-bond acceptors (Lipinski definition) is 1. The molecule has 1 N–H and O–H groups in total. The summed E-state index contributed by atoms with van der Waals surface area (Å²) in [5, 5.41) is 10.4. The topological polar surface area (TPSA) is 20.2 Å². The zero-order chi connectivity index (χ0) is 15.2. The monoisotopic (exact) mass is 296 g/mol. The zero-order valence-corrected chi connectivity index (χ0v) is 14.7. The van der Waals surface area contributed by atoms with Gasteiger partial charge in [-0.1, -0.05) is 103 Å². The lowest BCUT2D eigenvalue weighted by atomic mass is 9.91. The average molecular weight is 297 g/mol. The van der Waals surface area contributed by atoms with Gasteiger partial charge in [-0.15, -0.1) is 0 Å². The van der Waals surface area contributed by atoms with Crippen LogP contribution in [0, 0.1) is 0 Å². The van der Waals surface area contributed by atoms with Crippen LogP contribution in [0.3, 0.4) is 0 Å². The van der Waals surface area contributed by atoms with E-state index in [9.17, 15) is 5.11 Å². The van der Waals surface area contributed by atoms with Crippen molar-refractivity contribution < 1.29 is 5.11 Å². The van der Waals surface area contributed by atoms with Crippen LogP contribution in [0.15, 0.2) is 0 Å². The van der Waals surface area contributed by atoms with Gasteiger partial charge in [-0.3, -0.25) is 0 Å². The molecule has 0 saturated heterocycles. The predicted molar refractivity (Wildman–Crippen MR) is 93.7 cm³/mol. The van der Waals surface area contributed by atoms with Gasteiger partial charge < -0.3 is 5.11 Å². The van der Waals surface area contributed by atoms with E-state index in [1.54, 1.807) is 0 Å². The molecule has 1 heteroatoms. The van der Waals surface area contributed by atoms with E-state index in [1.807, 2.05) is 0 Å². The summed E-state index contributed by atoms with van der Waals surface area (Å²) in [5.41, 5.74) is -0.400. The van der Waals surface area contributed by atoms with E-state index in [1.165, 1.54) is 103 Å². The zero-order valence-electron chi connectivity index (χ0n) is 14.7. The van der Waals surface area contributed by atoms with E-state index in [0.717, 1.165) is 12.8 Å². The molecular weight excluding hydrogens is 256 g/mol. The van der Waals surface area contributed by atoms with E-state index in [0.29, 0.717) is 0 Å². The van der Waals surface area contributed by atoms with E-state index in [2.05, 4.69) is 6.92 Å². The average Bonchev–Trinajstić information content (AvgIpc) is 2.45. The van der Waals surface area contributed by atoms with Gasteiger partial charge in [0, 0.05) is 0 Å². The number of rotatable bonds is 0. The molecule has 0 aromatic heterocycles. The van der Waals surface area contributed by atoms with Crippen LogP contribution in [0.5, 0.6) is 0 Å². The highest BCUT2D eigenvalue weighted by molar-refractivity contribution is 4.72. The molecule has 0 unspecified atom stereocenters. The summed E-state index contributed by atoms with van der Waals surface area (Å²) in [6, 6.07) is 0. The lowest BCUT2D eigenvalue weighted by molar-refractivity contribution is 0.0366. The fourth-order valence-electron chi connectivity index (χ4n) is 3.61. The summed E-state index contributed by atoms with van der Waals surface area (Å²) in [6.45, 7) is 2.05. The van der Waals surface area contributed by atoms with Gasteiger partial charge in [0.05, 0.1) is 5.60 Å². The minimum absolute atomic E-state index is 0.400. The van der Waals surface area contributed by atoms with Gasteiger partial charge in [0.25, 0.3) is 0 Å². The van der Waals surface area contributed by atoms with Crippen molar-refractivity contribution in [3.05, 3.63) is 0 Å². The van der Waals surface area contributed by atoms with Crippen LogP contribution in [-0.4, -0.2) is 10.7 Å². The largest absolute Gasteiger partial charge is 0.390 e. The van der Waals surface area contributed by atoms with Crippen molar-refractivity contribution in [1.82, 2.24) is 0 Å². The van der Waals surface area contributed by atoms with Gasteiger partial charge in [0.15, 0.2) is 0 Å². The molecule has 0 bridgehead atoms. The Hall–Kier alpha value is -0.0400. The molecule has 1 nitrogen and oxygen atoms in total. The molecule has 0 atom stereocenters. The first-order valence-corrected chi connectivity index (χ1v) is 9.93. The molecule has 0 aromatic rings. The Morgan fingerprint density at radius 3 is 0.857 bits per heavy atom. The lowest BCUT2D eigenvalue weighted by Gasteiger charge is -2.23. The highest BCUT2D eigenvalue weighted by Gasteiger charge is 2.18. The first kappa shape index (κ1) is 19.0. The number of aliphatic hydroxyl groups is 1. The molecule has 0 aliphatic heterocycles. The Morgan fingerprint density at radius 2 is 0.619 bits per heavy atom. The van der Waals surface area contributed by atoms with Crippen LogP contribution in [0.4, 0.5) is 0 Å². The van der Waals surface area contributed by atoms with Crippen molar-refractivity contribution in [3.8, 4) is 0 Å². The van der Waals surface area contributed by atoms with Crippen molar-refractivity contribution in [3.63, 3.8) is 0 Å². The summed E-state index contributed by atoms with van der Waals surface area (Å²) >= 11 is 0. The van der Waals surface area contributed by atoms with Crippen molar-refractivity contribution >= 4 is 0 Å². The van der Waals surface area contributed by atoms with Crippen LogP contribution in [0.1, 0.15) is 122 Å². The summed E-state index contributed by atoms with van der Waals surface area (Å²) in [4.78, 5) is 0. The Bertz CT molecular complexity index is 200. The second kappa shape index (κ2) is 12.5. The maximum absolute atomic E-state index is 10.4. The summed E-state index contributed by atoms with van der Waals surface area (Å²) in [5.74, 6) is 0. The highest BCUT2D eigenvalue weighted by Crippen LogP contribution is 2.23. The molecule has 0 heterocycles. The van der Waals surface area contributed by atoms with Crippen LogP contribution >= 0.6 is 0 Å². The molecule has 0 spiro atoms. The molecule has 126 valence electrons. The summed E-state index contributed by atoms with van der Waals surface area (Å²) in [6.07, 6.45) is 24.2. The molecule has 21 heavy (non-hydrogen) atoms.